The summed E-state index contributed by atoms with van der Waals surface area (Å²) in [5.74, 6) is -2.05. The number of carbonyl (C=O) groups is 2. The molecule has 0 radical (unpaired) electrons. The minimum absolute atomic E-state index is 0.0678. The number of aldehydes is 1. The van der Waals surface area contributed by atoms with Crippen LogP contribution in [0, 0.1) is 0 Å². The van der Waals surface area contributed by atoms with Crippen molar-refractivity contribution in [2.45, 2.75) is 26.1 Å². The standard InChI is InChI=1S/C12H12F3NO3/c1-7(2)19-10-4-3-8(6-17)5-9(10)16-11(18)12(13,14)15/h3-7H,1-2H3,(H,16,18). The van der Waals surface area contributed by atoms with Crippen LogP contribution in [0.3, 0.4) is 0 Å². The second-order valence-electron chi connectivity index (χ2n) is 3.99. The van der Waals surface area contributed by atoms with Crippen molar-refractivity contribution in [3.05, 3.63) is 23.8 Å². The molecule has 0 fully saturated rings. The summed E-state index contributed by atoms with van der Waals surface area (Å²) in [7, 11) is 0. The van der Waals surface area contributed by atoms with E-state index in [-0.39, 0.29) is 23.1 Å². The van der Waals surface area contributed by atoms with E-state index in [0.29, 0.717) is 6.29 Å². The Morgan fingerprint density at radius 3 is 2.47 bits per heavy atom. The first-order valence-corrected chi connectivity index (χ1v) is 5.38. The van der Waals surface area contributed by atoms with Gasteiger partial charge in [0.15, 0.2) is 0 Å². The van der Waals surface area contributed by atoms with Gasteiger partial charge in [-0.1, -0.05) is 0 Å². The minimum Gasteiger partial charge on any atom is -0.489 e. The van der Waals surface area contributed by atoms with E-state index in [2.05, 4.69) is 0 Å². The second-order valence-corrected chi connectivity index (χ2v) is 3.99. The summed E-state index contributed by atoms with van der Waals surface area (Å²) >= 11 is 0. The van der Waals surface area contributed by atoms with Crippen LogP contribution in [-0.2, 0) is 4.79 Å². The van der Waals surface area contributed by atoms with E-state index in [1.54, 1.807) is 19.2 Å². The van der Waals surface area contributed by atoms with Gasteiger partial charge < -0.3 is 10.1 Å². The number of anilines is 1. The van der Waals surface area contributed by atoms with Gasteiger partial charge in [0, 0.05) is 5.56 Å². The highest BCUT2D eigenvalue weighted by atomic mass is 19.4. The van der Waals surface area contributed by atoms with Crippen LogP contribution in [0.5, 0.6) is 5.75 Å². The van der Waals surface area contributed by atoms with Crippen LogP contribution >= 0.6 is 0 Å². The van der Waals surface area contributed by atoms with Crippen molar-refractivity contribution in [2.24, 2.45) is 0 Å². The second kappa shape index (κ2) is 5.73. The molecule has 0 bridgehead atoms. The summed E-state index contributed by atoms with van der Waals surface area (Å²) < 4.78 is 41.8. The molecule has 0 unspecified atom stereocenters. The van der Waals surface area contributed by atoms with Crippen LogP contribution in [0.25, 0.3) is 0 Å². The predicted molar refractivity (Wildman–Crippen MR) is 62.3 cm³/mol. The van der Waals surface area contributed by atoms with E-state index in [0.717, 1.165) is 6.07 Å². The Morgan fingerprint density at radius 2 is 2.00 bits per heavy atom. The Morgan fingerprint density at radius 1 is 1.37 bits per heavy atom. The zero-order valence-corrected chi connectivity index (χ0v) is 10.2. The first-order valence-electron chi connectivity index (χ1n) is 5.38. The van der Waals surface area contributed by atoms with Gasteiger partial charge in [-0.3, -0.25) is 9.59 Å². The lowest BCUT2D eigenvalue weighted by atomic mass is 10.2. The van der Waals surface area contributed by atoms with Crippen LogP contribution in [-0.4, -0.2) is 24.5 Å². The molecule has 0 atom stereocenters. The number of hydrogen-bond donors (Lipinski definition) is 1. The summed E-state index contributed by atoms with van der Waals surface area (Å²) in [6, 6.07) is 3.83. The van der Waals surface area contributed by atoms with Gasteiger partial charge in [-0.15, -0.1) is 0 Å². The van der Waals surface area contributed by atoms with Gasteiger partial charge in [0.2, 0.25) is 0 Å². The monoisotopic (exact) mass is 275 g/mol. The van der Waals surface area contributed by atoms with Crippen molar-refractivity contribution in [2.75, 3.05) is 5.32 Å². The van der Waals surface area contributed by atoms with Crippen molar-refractivity contribution in [3.8, 4) is 5.75 Å². The number of carbonyl (C=O) groups excluding carboxylic acids is 2. The van der Waals surface area contributed by atoms with E-state index in [9.17, 15) is 22.8 Å². The third-order valence-corrected chi connectivity index (χ3v) is 2.01. The zero-order valence-electron chi connectivity index (χ0n) is 10.2. The Balaban J connectivity index is 3.07. The van der Waals surface area contributed by atoms with Gasteiger partial charge in [0.1, 0.15) is 12.0 Å². The Labute approximate surface area is 107 Å². The molecule has 0 saturated heterocycles. The molecule has 1 rings (SSSR count). The summed E-state index contributed by atoms with van der Waals surface area (Å²) in [6.45, 7) is 3.37. The van der Waals surface area contributed by atoms with Crippen LogP contribution in [0.2, 0.25) is 0 Å². The van der Waals surface area contributed by atoms with Crippen molar-refractivity contribution < 1.29 is 27.5 Å². The quantitative estimate of drug-likeness (QED) is 0.860. The number of hydrogen-bond acceptors (Lipinski definition) is 3. The highest BCUT2D eigenvalue weighted by Crippen LogP contribution is 2.28. The van der Waals surface area contributed by atoms with E-state index >= 15 is 0 Å². The van der Waals surface area contributed by atoms with E-state index in [1.165, 1.54) is 12.1 Å². The molecule has 0 aliphatic rings. The summed E-state index contributed by atoms with van der Waals surface area (Å²) in [5, 5.41) is 1.68. The fourth-order valence-electron chi connectivity index (χ4n) is 1.27. The highest BCUT2D eigenvalue weighted by molar-refractivity contribution is 5.97. The molecule has 0 saturated carbocycles. The number of benzene rings is 1. The average molecular weight is 275 g/mol. The maximum Gasteiger partial charge on any atom is 0.471 e. The number of ether oxygens (including phenoxy) is 1. The molecule has 104 valence electrons. The molecule has 0 aliphatic carbocycles. The fourth-order valence-corrected chi connectivity index (χ4v) is 1.27. The van der Waals surface area contributed by atoms with Crippen molar-refractivity contribution in [3.63, 3.8) is 0 Å². The molecule has 4 nitrogen and oxygen atoms in total. The summed E-state index contributed by atoms with van der Waals surface area (Å²) in [6.07, 6.45) is -4.84. The van der Waals surface area contributed by atoms with Gasteiger partial charge in [-0.05, 0) is 32.0 Å². The van der Waals surface area contributed by atoms with E-state index < -0.39 is 12.1 Å². The van der Waals surface area contributed by atoms with Gasteiger partial charge in [0.05, 0.1) is 11.8 Å². The van der Waals surface area contributed by atoms with Crippen molar-refractivity contribution in [1.82, 2.24) is 0 Å². The van der Waals surface area contributed by atoms with Crippen LogP contribution in [0.15, 0.2) is 18.2 Å². The number of rotatable bonds is 4. The summed E-state index contributed by atoms with van der Waals surface area (Å²) in [4.78, 5) is 21.5. The zero-order chi connectivity index (χ0) is 14.6. The van der Waals surface area contributed by atoms with Gasteiger partial charge >= 0.3 is 12.1 Å². The molecule has 0 aliphatic heterocycles. The lowest BCUT2D eigenvalue weighted by molar-refractivity contribution is -0.167. The molecule has 7 heteroatoms. The van der Waals surface area contributed by atoms with E-state index in [4.69, 9.17) is 4.74 Å². The molecule has 0 spiro atoms. The maximum atomic E-state index is 12.2. The minimum atomic E-state index is -5.01. The smallest absolute Gasteiger partial charge is 0.471 e. The predicted octanol–water partition coefficient (Wildman–Crippen LogP) is 2.79. The normalized spacial score (nSPS) is 11.3. The highest BCUT2D eigenvalue weighted by Gasteiger charge is 2.39. The molecule has 0 aromatic heterocycles. The van der Waals surface area contributed by atoms with Gasteiger partial charge in [-0.2, -0.15) is 13.2 Å². The molecular formula is C12H12F3NO3. The number of nitrogens with one attached hydrogen (secondary N) is 1. The molecule has 19 heavy (non-hydrogen) atoms. The third kappa shape index (κ3) is 4.27. The van der Waals surface area contributed by atoms with Crippen LogP contribution < -0.4 is 10.1 Å². The van der Waals surface area contributed by atoms with Crippen molar-refractivity contribution in [1.29, 1.82) is 0 Å². The third-order valence-electron chi connectivity index (χ3n) is 2.01. The molecule has 1 aromatic carbocycles. The van der Waals surface area contributed by atoms with Gasteiger partial charge in [-0.25, -0.2) is 0 Å². The van der Waals surface area contributed by atoms with E-state index in [1.807, 2.05) is 0 Å². The first-order chi connectivity index (χ1) is 8.74. The first kappa shape index (κ1) is 15.0. The molecule has 1 aromatic rings. The SMILES string of the molecule is CC(C)Oc1ccc(C=O)cc1NC(=O)C(F)(F)F. The number of halogens is 3. The van der Waals surface area contributed by atoms with Crippen LogP contribution in [0.4, 0.5) is 18.9 Å². The number of amides is 1. The Bertz CT molecular complexity index is 484. The Hall–Kier alpha value is -2.05. The lowest BCUT2D eigenvalue weighted by Crippen LogP contribution is -2.30. The summed E-state index contributed by atoms with van der Waals surface area (Å²) in [5.41, 5.74) is -0.0609. The maximum absolute atomic E-state index is 12.2. The van der Waals surface area contributed by atoms with Crippen molar-refractivity contribution >= 4 is 17.9 Å². The number of alkyl halides is 3. The topological polar surface area (TPSA) is 55.4 Å². The largest absolute Gasteiger partial charge is 0.489 e. The van der Waals surface area contributed by atoms with Gasteiger partial charge in [0.25, 0.3) is 0 Å². The average Bonchev–Trinajstić information content (AvgIpc) is 2.29. The molecule has 1 amide bonds. The fraction of sp³-hybridized carbons (Fsp3) is 0.333. The molecular weight excluding hydrogens is 263 g/mol. The molecule has 1 N–H and O–H groups in total. The van der Waals surface area contributed by atoms with Crippen LogP contribution in [0.1, 0.15) is 24.2 Å². The molecule has 0 heterocycles. The Kier molecular flexibility index (Phi) is 4.52. The lowest BCUT2D eigenvalue weighted by Gasteiger charge is -2.16.